The van der Waals surface area contributed by atoms with Gasteiger partial charge in [0.2, 0.25) is 0 Å². The Morgan fingerprint density at radius 3 is 2.33 bits per heavy atom. The Morgan fingerprint density at radius 1 is 1.29 bits per heavy atom. The normalized spacial score (nSPS) is 15.8. The van der Waals surface area contributed by atoms with Crippen molar-refractivity contribution in [2.24, 2.45) is 5.73 Å². The number of hydrogen-bond donors (Lipinski definition) is 3. The van der Waals surface area contributed by atoms with E-state index in [9.17, 15) is 18.3 Å². The van der Waals surface area contributed by atoms with Crippen LogP contribution in [0.1, 0.15) is 25.1 Å². The van der Waals surface area contributed by atoms with Gasteiger partial charge in [0, 0.05) is 0 Å². The predicted molar refractivity (Wildman–Crippen MR) is 74.8 cm³/mol. The molecule has 0 unspecified atom stereocenters. The number of alkyl halides is 3. The molecule has 1 aliphatic carbocycles. The number of phenolic OH excluding ortho intramolecular Hbond substituents is 1. The fourth-order valence-corrected chi connectivity index (χ4v) is 1.97. The number of nitrogens with two attached hydrogens (primary N) is 1. The van der Waals surface area contributed by atoms with Gasteiger partial charge in [0.05, 0.1) is 11.1 Å². The number of para-hydroxylation sites is 1. The van der Waals surface area contributed by atoms with Crippen LogP contribution in [0.25, 0.3) is 11.5 Å². The third kappa shape index (κ3) is 3.82. The molecule has 1 heterocycles. The van der Waals surface area contributed by atoms with E-state index in [4.69, 9.17) is 20.2 Å². The quantitative estimate of drug-likeness (QED) is 0.764. The van der Waals surface area contributed by atoms with Crippen LogP contribution in [-0.4, -0.2) is 32.5 Å². The van der Waals surface area contributed by atoms with Crippen molar-refractivity contribution in [3.8, 4) is 17.2 Å². The Balaban J connectivity index is 0.000000256. The zero-order valence-electron chi connectivity index (χ0n) is 12.2. The topological polar surface area (TPSA) is 122 Å². The van der Waals surface area contributed by atoms with Crippen molar-refractivity contribution < 1.29 is 32.7 Å². The number of aliphatic carboxylic acids is 1. The van der Waals surface area contributed by atoms with E-state index >= 15 is 0 Å². The molecule has 1 aromatic carbocycles. The highest BCUT2D eigenvalue weighted by atomic mass is 19.4. The molecule has 0 spiro atoms. The number of halogens is 3. The molecule has 1 aromatic heterocycles. The molecular formula is C14H14F3N3O4. The van der Waals surface area contributed by atoms with Crippen LogP contribution in [0.4, 0.5) is 13.2 Å². The number of aromatic hydroxyl groups is 1. The predicted octanol–water partition coefficient (Wildman–Crippen LogP) is 2.41. The maximum atomic E-state index is 10.6. The standard InChI is InChI=1S/C12H13N3O2.C2HF3O2/c13-12(6-3-7-12)11-14-10(17-15-11)8-4-1-2-5-9(8)16;3-2(4,5)1(6)7/h1-2,4-5,16H,3,6-7,13H2;(H,6,7). The molecule has 3 rings (SSSR count). The molecule has 1 fully saturated rings. The Hall–Kier alpha value is -2.62. The van der Waals surface area contributed by atoms with Gasteiger partial charge < -0.3 is 20.5 Å². The highest BCUT2D eigenvalue weighted by molar-refractivity contribution is 5.73. The number of aromatic nitrogens is 2. The van der Waals surface area contributed by atoms with E-state index in [0.717, 1.165) is 19.3 Å². The summed E-state index contributed by atoms with van der Waals surface area (Å²) in [6.45, 7) is 0. The Labute approximate surface area is 133 Å². The van der Waals surface area contributed by atoms with Crippen LogP contribution in [0.2, 0.25) is 0 Å². The van der Waals surface area contributed by atoms with E-state index in [2.05, 4.69) is 10.1 Å². The molecule has 0 bridgehead atoms. The average Bonchev–Trinajstić information content (AvgIpc) is 2.95. The third-order valence-electron chi connectivity index (χ3n) is 3.49. The molecule has 7 nitrogen and oxygen atoms in total. The summed E-state index contributed by atoms with van der Waals surface area (Å²) in [6.07, 6.45) is -2.23. The number of carboxylic acids is 1. The number of carboxylic acid groups (broad SMARTS) is 1. The first-order chi connectivity index (χ1) is 11.1. The molecule has 0 amide bonds. The summed E-state index contributed by atoms with van der Waals surface area (Å²) in [6, 6.07) is 6.87. The summed E-state index contributed by atoms with van der Waals surface area (Å²) in [5.41, 5.74) is 6.20. The highest BCUT2D eigenvalue weighted by Crippen LogP contribution is 2.38. The van der Waals surface area contributed by atoms with Gasteiger partial charge in [0.15, 0.2) is 5.82 Å². The van der Waals surface area contributed by atoms with Gasteiger partial charge in [-0.05, 0) is 31.4 Å². The fraction of sp³-hybridized carbons (Fsp3) is 0.357. The zero-order valence-corrected chi connectivity index (χ0v) is 12.2. The van der Waals surface area contributed by atoms with E-state index in [1.807, 2.05) is 0 Å². The number of carbonyl (C=O) groups is 1. The van der Waals surface area contributed by atoms with Crippen molar-refractivity contribution >= 4 is 5.97 Å². The Bertz CT molecular complexity index is 726. The number of phenols is 1. The molecule has 4 N–H and O–H groups in total. The van der Waals surface area contributed by atoms with Crippen LogP contribution in [0, 0.1) is 0 Å². The summed E-state index contributed by atoms with van der Waals surface area (Å²) in [5.74, 6) is -1.79. The van der Waals surface area contributed by atoms with Crippen molar-refractivity contribution in [3.63, 3.8) is 0 Å². The van der Waals surface area contributed by atoms with Crippen LogP contribution in [0.15, 0.2) is 28.8 Å². The first kappa shape index (κ1) is 17.7. The van der Waals surface area contributed by atoms with Gasteiger partial charge >= 0.3 is 12.1 Å². The lowest BCUT2D eigenvalue weighted by Gasteiger charge is -2.34. The van der Waals surface area contributed by atoms with Crippen molar-refractivity contribution in [3.05, 3.63) is 30.1 Å². The van der Waals surface area contributed by atoms with Crippen LogP contribution >= 0.6 is 0 Å². The van der Waals surface area contributed by atoms with Crippen molar-refractivity contribution in [1.29, 1.82) is 0 Å². The van der Waals surface area contributed by atoms with Gasteiger partial charge in [-0.1, -0.05) is 17.3 Å². The summed E-state index contributed by atoms with van der Waals surface area (Å²) < 4.78 is 36.9. The molecule has 0 atom stereocenters. The maximum Gasteiger partial charge on any atom is 0.490 e. The summed E-state index contributed by atoms with van der Waals surface area (Å²) in [5, 5.41) is 20.7. The number of benzene rings is 1. The van der Waals surface area contributed by atoms with Gasteiger partial charge in [0.1, 0.15) is 5.75 Å². The zero-order chi connectivity index (χ0) is 18.0. The van der Waals surface area contributed by atoms with Crippen molar-refractivity contribution in [2.45, 2.75) is 31.0 Å². The molecule has 0 saturated heterocycles. The van der Waals surface area contributed by atoms with E-state index in [-0.39, 0.29) is 5.75 Å². The van der Waals surface area contributed by atoms with Crippen LogP contribution in [-0.2, 0) is 10.3 Å². The number of hydrogen-bond acceptors (Lipinski definition) is 6. The van der Waals surface area contributed by atoms with E-state index in [1.54, 1.807) is 24.3 Å². The monoisotopic (exact) mass is 345 g/mol. The minimum absolute atomic E-state index is 0.127. The largest absolute Gasteiger partial charge is 0.507 e. The molecule has 1 aliphatic rings. The van der Waals surface area contributed by atoms with Crippen LogP contribution in [0.5, 0.6) is 5.75 Å². The average molecular weight is 345 g/mol. The van der Waals surface area contributed by atoms with Gasteiger partial charge in [-0.15, -0.1) is 0 Å². The molecule has 0 aliphatic heterocycles. The molecular weight excluding hydrogens is 331 g/mol. The van der Waals surface area contributed by atoms with Crippen molar-refractivity contribution in [2.75, 3.05) is 0 Å². The van der Waals surface area contributed by atoms with Crippen LogP contribution in [0.3, 0.4) is 0 Å². The minimum atomic E-state index is -5.08. The van der Waals surface area contributed by atoms with Gasteiger partial charge in [-0.25, -0.2) is 4.79 Å². The van der Waals surface area contributed by atoms with E-state index in [1.165, 1.54) is 0 Å². The Kier molecular flexibility index (Phi) is 4.78. The van der Waals surface area contributed by atoms with E-state index in [0.29, 0.717) is 17.3 Å². The third-order valence-corrected chi connectivity index (χ3v) is 3.49. The molecule has 24 heavy (non-hydrogen) atoms. The summed E-state index contributed by atoms with van der Waals surface area (Å²) in [4.78, 5) is 13.2. The van der Waals surface area contributed by atoms with Gasteiger partial charge in [-0.2, -0.15) is 18.2 Å². The SMILES string of the molecule is NC1(c2noc(-c3ccccc3O)n2)CCC1.O=C(O)C(F)(F)F. The second kappa shape index (κ2) is 6.48. The number of rotatable bonds is 2. The van der Waals surface area contributed by atoms with Gasteiger partial charge in [0.25, 0.3) is 5.89 Å². The maximum absolute atomic E-state index is 10.6. The molecule has 1 saturated carbocycles. The second-order valence-corrected chi connectivity index (χ2v) is 5.25. The minimum Gasteiger partial charge on any atom is -0.507 e. The van der Waals surface area contributed by atoms with Gasteiger partial charge in [-0.3, -0.25) is 0 Å². The lowest BCUT2D eigenvalue weighted by molar-refractivity contribution is -0.192. The fourth-order valence-electron chi connectivity index (χ4n) is 1.97. The highest BCUT2D eigenvalue weighted by Gasteiger charge is 2.39. The second-order valence-electron chi connectivity index (χ2n) is 5.25. The first-order valence-corrected chi connectivity index (χ1v) is 6.85. The Morgan fingerprint density at radius 2 is 1.88 bits per heavy atom. The smallest absolute Gasteiger partial charge is 0.490 e. The summed E-state index contributed by atoms with van der Waals surface area (Å²) >= 11 is 0. The number of nitrogens with zero attached hydrogens (tertiary/aromatic N) is 2. The van der Waals surface area contributed by atoms with E-state index < -0.39 is 17.7 Å². The first-order valence-electron chi connectivity index (χ1n) is 6.85. The molecule has 10 heteroatoms. The molecule has 0 radical (unpaired) electrons. The lowest BCUT2D eigenvalue weighted by Crippen LogP contribution is -2.44. The molecule has 2 aromatic rings. The summed E-state index contributed by atoms with van der Waals surface area (Å²) in [7, 11) is 0. The lowest BCUT2D eigenvalue weighted by atomic mass is 9.77. The molecule has 130 valence electrons. The van der Waals surface area contributed by atoms with Crippen molar-refractivity contribution in [1.82, 2.24) is 10.1 Å². The van der Waals surface area contributed by atoms with Crippen LogP contribution < -0.4 is 5.73 Å².